The smallest absolute Gasteiger partial charge is 0.296 e. The first kappa shape index (κ1) is 24.0. The summed E-state index contributed by atoms with van der Waals surface area (Å²) >= 11 is 0. The molecule has 0 bridgehead atoms. The van der Waals surface area contributed by atoms with Gasteiger partial charge in [-0.1, -0.05) is 29.8 Å². The zero-order valence-electron chi connectivity index (χ0n) is 19.1. The van der Waals surface area contributed by atoms with Crippen LogP contribution in [0.15, 0.2) is 66.2 Å². The Balaban J connectivity index is 1.54. The highest BCUT2D eigenvalue weighted by molar-refractivity contribution is 6.11. The predicted molar refractivity (Wildman–Crippen MR) is 132 cm³/mol. The van der Waals surface area contributed by atoms with Crippen molar-refractivity contribution in [2.75, 3.05) is 23.8 Å². The summed E-state index contributed by atoms with van der Waals surface area (Å²) in [5.74, 6) is -0.695. The molecule has 0 aromatic heterocycles. The van der Waals surface area contributed by atoms with Gasteiger partial charge in [0.15, 0.2) is 11.5 Å². The summed E-state index contributed by atoms with van der Waals surface area (Å²) in [7, 11) is 0. The molecule has 0 unspecified atom stereocenters. The Kier molecular flexibility index (Phi) is 6.92. The van der Waals surface area contributed by atoms with E-state index in [0.717, 1.165) is 5.56 Å². The van der Waals surface area contributed by atoms with Crippen molar-refractivity contribution < 1.29 is 24.0 Å². The molecule has 2 amide bonds. The third-order valence-corrected chi connectivity index (χ3v) is 5.24. The number of nitro groups is 1. The first-order valence-corrected chi connectivity index (χ1v) is 10.8. The highest BCUT2D eigenvalue weighted by Gasteiger charge is 2.24. The second-order valence-corrected chi connectivity index (χ2v) is 7.84. The molecule has 1 aliphatic heterocycles. The molecule has 0 spiro atoms. The summed E-state index contributed by atoms with van der Waals surface area (Å²) in [5, 5.41) is 26.3. The molecular formula is C26H20N4O6. The van der Waals surface area contributed by atoms with E-state index < -0.39 is 16.5 Å². The normalized spacial score (nSPS) is 12.3. The lowest BCUT2D eigenvalue weighted by molar-refractivity contribution is -0.384. The van der Waals surface area contributed by atoms with Crippen LogP contribution in [0, 0.1) is 28.4 Å². The number of carbonyl (C=O) groups excluding carboxylic acids is 2. The molecule has 1 heterocycles. The third-order valence-electron chi connectivity index (χ3n) is 5.24. The summed E-state index contributed by atoms with van der Waals surface area (Å²) in [4.78, 5) is 36.1. The van der Waals surface area contributed by atoms with Crippen LogP contribution < -0.4 is 20.1 Å². The zero-order valence-corrected chi connectivity index (χ0v) is 19.1. The number of nitrogens with one attached hydrogen (secondary N) is 2. The standard InChI is InChI=1S/C26H20N4O6/c1-16-5-7-18(8-6-16)25(31)28-20-4-2-3-17(12-20)11-19(15-27)26(32)29-21-13-23-24(36-10-9-35-23)14-22(21)30(33)34/h2-8,11-14H,9-10H2,1H3,(H,28,31)(H,29,32)/b19-11+. The van der Waals surface area contributed by atoms with E-state index in [9.17, 15) is 25.0 Å². The molecule has 3 aromatic rings. The van der Waals surface area contributed by atoms with Crippen LogP contribution in [0.5, 0.6) is 11.5 Å². The van der Waals surface area contributed by atoms with E-state index >= 15 is 0 Å². The van der Waals surface area contributed by atoms with E-state index in [0.29, 0.717) is 16.8 Å². The zero-order chi connectivity index (χ0) is 25.7. The van der Waals surface area contributed by atoms with E-state index in [1.54, 1.807) is 36.4 Å². The number of hydrogen-bond acceptors (Lipinski definition) is 7. The molecule has 0 radical (unpaired) electrons. The largest absolute Gasteiger partial charge is 0.486 e. The van der Waals surface area contributed by atoms with Gasteiger partial charge < -0.3 is 20.1 Å². The summed E-state index contributed by atoms with van der Waals surface area (Å²) in [6, 6.07) is 17.9. The molecule has 10 nitrogen and oxygen atoms in total. The van der Waals surface area contributed by atoms with Crippen molar-refractivity contribution in [1.29, 1.82) is 5.26 Å². The van der Waals surface area contributed by atoms with Gasteiger partial charge in [0.05, 0.1) is 11.0 Å². The Hall–Kier alpha value is -5.17. The molecule has 36 heavy (non-hydrogen) atoms. The van der Waals surface area contributed by atoms with Crippen molar-refractivity contribution >= 4 is 35.0 Å². The summed E-state index contributed by atoms with van der Waals surface area (Å²) in [6.45, 7) is 2.44. The second kappa shape index (κ2) is 10.4. The quantitative estimate of drug-likeness (QED) is 0.227. The molecule has 0 atom stereocenters. The predicted octanol–water partition coefficient (Wildman–Crippen LogP) is 4.47. The molecule has 10 heteroatoms. The lowest BCUT2D eigenvalue weighted by Crippen LogP contribution is -2.18. The third kappa shape index (κ3) is 5.48. The number of hydrogen-bond donors (Lipinski definition) is 2. The Morgan fingerprint density at radius 3 is 2.39 bits per heavy atom. The van der Waals surface area contributed by atoms with Crippen molar-refractivity contribution in [3.63, 3.8) is 0 Å². The molecule has 0 fully saturated rings. The Morgan fingerprint density at radius 2 is 1.72 bits per heavy atom. The number of ether oxygens (including phenoxy) is 2. The lowest BCUT2D eigenvalue weighted by atomic mass is 10.1. The number of nitro benzene ring substituents is 1. The van der Waals surface area contributed by atoms with Gasteiger partial charge in [-0.2, -0.15) is 5.26 Å². The van der Waals surface area contributed by atoms with E-state index in [4.69, 9.17) is 9.47 Å². The van der Waals surface area contributed by atoms with Gasteiger partial charge in [-0.3, -0.25) is 19.7 Å². The van der Waals surface area contributed by atoms with Crippen LogP contribution in [0.25, 0.3) is 6.08 Å². The van der Waals surface area contributed by atoms with Crippen LogP contribution in [0.2, 0.25) is 0 Å². The number of nitrogens with zero attached hydrogens (tertiary/aromatic N) is 2. The number of amides is 2. The van der Waals surface area contributed by atoms with Crippen LogP contribution >= 0.6 is 0 Å². The van der Waals surface area contributed by atoms with Gasteiger partial charge in [0.2, 0.25) is 0 Å². The second-order valence-electron chi connectivity index (χ2n) is 7.84. The maximum Gasteiger partial charge on any atom is 0.296 e. The maximum absolute atomic E-state index is 12.8. The van der Waals surface area contributed by atoms with E-state index in [1.807, 2.05) is 25.1 Å². The van der Waals surface area contributed by atoms with Crippen molar-refractivity contribution in [1.82, 2.24) is 0 Å². The topological polar surface area (TPSA) is 144 Å². The number of carbonyl (C=O) groups is 2. The van der Waals surface area contributed by atoms with Gasteiger partial charge in [-0.05, 0) is 42.8 Å². The number of fused-ring (bicyclic) bond motifs is 1. The van der Waals surface area contributed by atoms with Crippen molar-refractivity contribution in [2.45, 2.75) is 6.92 Å². The van der Waals surface area contributed by atoms with Gasteiger partial charge in [-0.15, -0.1) is 0 Å². The van der Waals surface area contributed by atoms with Crippen molar-refractivity contribution in [3.05, 3.63) is 93.0 Å². The van der Waals surface area contributed by atoms with Crippen molar-refractivity contribution in [2.24, 2.45) is 0 Å². The van der Waals surface area contributed by atoms with Crippen LogP contribution in [0.4, 0.5) is 17.1 Å². The van der Waals surface area contributed by atoms with Crippen LogP contribution in [-0.2, 0) is 4.79 Å². The molecule has 0 saturated carbocycles. The molecule has 0 saturated heterocycles. The average Bonchev–Trinajstić information content (AvgIpc) is 2.87. The summed E-state index contributed by atoms with van der Waals surface area (Å²) in [6.07, 6.45) is 1.32. The fraction of sp³-hybridized carbons (Fsp3) is 0.115. The first-order valence-electron chi connectivity index (χ1n) is 10.8. The average molecular weight is 484 g/mol. The molecule has 180 valence electrons. The fourth-order valence-electron chi connectivity index (χ4n) is 3.45. The molecule has 2 N–H and O–H groups in total. The van der Waals surface area contributed by atoms with Crippen LogP contribution in [0.3, 0.4) is 0 Å². The number of nitriles is 1. The Labute approximate surface area is 205 Å². The Bertz CT molecular complexity index is 1420. The van der Waals surface area contributed by atoms with E-state index in [-0.39, 0.29) is 41.9 Å². The molecule has 1 aliphatic rings. The van der Waals surface area contributed by atoms with Gasteiger partial charge >= 0.3 is 0 Å². The van der Waals surface area contributed by atoms with Crippen LogP contribution in [0.1, 0.15) is 21.5 Å². The highest BCUT2D eigenvalue weighted by Crippen LogP contribution is 2.39. The molecular weight excluding hydrogens is 464 g/mol. The summed E-state index contributed by atoms with van der Waals surface area (Å²) < 4.78 is 10.8. The van der Waals surface area contributed by atoms with Crippen molar-refractivity contribution in [3.8, 4) is 17.6 Å². The highest BCUT2D eigenvalue weighted by atomic mass is 16.6. The summed E-state index contributed by atoms with van der Waals surface area (Å²) in [5.41, 5.74) is 1.64. The molecule has 0 aliphatic carbocycles. The minimum atomic E-state index is -0.841. The minimum Gasteiger partial charge on any atom is -0.486 e. The number of aryl methyl sites for hydroxylation is 1. The maximum atomic E-state index is 12.8. The van der Waals surface area contributed by atoms with Crippen LogP contribution in [-0.4, -0.2) is 30.0 Å². The number of benzene rings is 3. The number of anilines is 2. The SMILES string of the molecule is Cc1ccc(C(=O)Nc2cccc(/C=C(\C#N)C(=O)Nc3cc4c(cc3[N+](=O)[O-])OCCO4)c2)cc1. The van der Waals surface area contributed by atoms with Gasteiger partial charge in [-0.25, -0.2) is 0 Å². The van der Waals surface area contributed by atoms with Gasteiger partial charge in [0.25, 0.3) is 17.5 Å². The first-order chi connectivity index (χ1) is 17.3. The lowest BCUT2D eigenvalue weighted by Gasteiger charge is -2.19. The van der Waals surface area contributed by atoms with E-state index in [2.05, 4.69) is 10.6 Å². The minimum absolute atomic E-state index is 0.130. The number of rotatable bonds is 6. The Morgan fingerprint density at radius 1 is 1.03 bits per heavy atom. The molecule has 4 rings (SSSR count). The molecule has 3 aromatic carbocycles. The monoisotopic (exact) mass is 484 g/mol. The fourth-order valence-corrected chi connectivity index (χ4v) is 3.45. The van der Waals surface area contributed by atoms with E-state index in [1.165, 1.54) is 18.2 Å². The van der Waals surface area contributed by atoms with Gasteiger partial charge in [0, 0.05) is 17.3 Å². The van der Waals surface area contributed by atoms with Gasteiger partial charge in [0.1, 0.15) is 30.5 Å².